The van der Waals surface area contributed by atoms with Crippen LogP contribution in [0.25, 0.3) is 11.1 Å². The van der Waals surface area contributed by atoms with Crippen molar-refractivity contribution in [2.24, 2.45) is 0 Å². The highest BCUT2D eigenvalue weighted by Gasteiger charge is 1.93. The van der Waals surface area contributed by atoms with Crippen LogP contribution < -0.4 is 0 Å². The Balaban J connectivity index is 0.000000186. The molecule has 96 valence electrons. The van der Waals surface area contributed by atoms with Gasteiger partial charge in [0, 0.05) is 5.38 Å². The monoisotopic (exact) mass is 268 g/mol. The van der Waals surface area contributed by atoms with E-state index in [9.17, 15) is 0 Å². The van der Waals surface area contributed by atoms with Crippen LogP contribution >= 0.6 is 11.3 Å². The van der Waals surface area contributed by atoms with Crippen molar-refractivity contribution in [1.82, 2.24) is 0 Å². The van der Waals surface area contributed by atoms with Gasteiger partial charge >= 0.3 is 0 Å². The molecule has 2 aromatic carbocycles. The summed E-state index contributed by atoms with van der Waals surface area (Å²) in [5, 5.41) is 12.0. The fraction of sp³-hybridized carbons (Fsp3) is 0.0588. The molecule has 3 aromatic rings. The van der Waals surface area contributed by atoms with E-state index < -0.39 is 0 Å². The molecular formula is C17H16OS. The zero-order valence-electron chi connectivity index (χ0n) is 10.8. The van der Waals surface area contributed by atoms with Crippen LogP contribution in [0.3, 0.4) is 0 Å². The maximum Gasteiger partial charge on any atom is 0.126 e. The van der Waals surface area contributed by atoms with E-state index >= 15 is 0 Å². The maximum absolute atomic E-state index is 8.48. The molecule has 1 N–H and O–H groups in total. The van der Waals surface area contributed by atoms with Crippen LogP contribution in [0.15, 0.2) is 71.4 Å². The van der Waals surface area contributed by atoms with Crippen molar-refractivity contribution in [3.63, 3.8) is 0 Å². The first-order chi connectivity index (χ1) is 9.25. The molecule has 0 radical (unpaired) electrons. The van der Waals surface area contributed by atoms with Crippen LogP contribution in [0.2, 0.25) is 0 Å². The van der Waals surface area contributed by atoms with Crippen LogP contribution in [0.5, 0.6) is 5.75 Å². The molecule has 0 aliphatic heterocycles. The number of rotatable bonds is 1. The molecule has 0 amide bonds. The predicted octanol–water partition coefficient (Wildman–Crippen LogP) is 5.12. The fourth-order valence-corrected chi connectivity index (χ4v) is 2.15. The van der Waals surface area contributed by atoms with E-state index in [-0.39, 0.29) is 0 Å². The quantitative estimate of drug-likeness (QED) is 0.649. The summed E-state index contributed by atoms with van der Waals surface area (Å²) in [5.41, 5.74) is 3.87. The SMILES string of the molecule is Cc1ccc(-c2ccccc2)cc1.Oc1ccsc1. The molecule has 1 aromatic heterocycles. The summed E-state index contributed by atoms with van der Waals surface area (Å²) in [6.07, 6.45) is 0. The molecule has 0 bridgehead atoms. The molecule has 0 saturated heterocycles. The normalized spacial score (nSPS) is 9.53. The van der Waals surface area contributed by atoms with E-state index in [0.29, 0.717) is 5.75 Å². The van der Waals surface area contributed by atoms with Gasteiger partial charge in [0.15, 0.2) is 0 Å². The smallest absolute Gasteiger partial charge is 0.126 e. The van der Waals surface area contributed by atoms with Crippen LogP contribution in [0, 0.1) is 6.92 Å². The third kappa shape index (κ3) is 4.27. The van der Waals surface area contributed by atoms with Gasteiger partial charge in [0.2, 0.25) is 0 Å². The fourth-order valence-electron chi connectivity index (χ4n) is 1.63. The van der Waals surface area contributed by atoms with Gasteiger partial charge in [-0.15, -0.1) is 11.3 Å². The maximum atomic E-state index is 8.48. The topological polar surface area (TPSA) is 20.2 Å². The predicted molar refractivity (Wildman–Crippen MR) is 82.6 cm³/mol. The number of aromatic hydroxyl groups is 1. The Kier molecular flexibility index (Phi) is 4.76. The lowest BCUT2D eigenvalue weighted by atomic mass is 10.0. The van der Waals surface area contributed by atoms with Crippen molar-refractivity contribution in [3.8, 4) is 16.9 Å². The van der Waals surface area contributed by atoms with Gasteiger partial charge in [-0.1, -0.05) is 60.2 Å². The Bertz CT molecular complexity index is 583. The summed E-state index contributed by atoms with van der Waals surface area (Å²) >= 11 is 1.49. The summed E-state index contributed by atoms with van der Waals surface area (Å²) in [6.45, 7) is 2.11. The highest BCUT2D eigenvalue weighted by atomic mass is 32.1. The third-order valence-electron chi connectivity index (χ3n) is 2.66. The molecule has 2 heteroatoms. The molecule has 3 rings (SSSR count). The van der Waals surface area contributed by atoms with E-state index in [2.05, 4.69) is 55.5 Å². The van der Waals surface area contributed by atoms with E-state index in [1.807, 2.05) is 11.4 Å². The van der Waals surface area contributed by atoms with Crippen molar-refractivity contribution in [1.29, 1.82) is 0 Å². The van der Waals surface area contributed by atoms with E-state index in [1.165, 1.54) is 28.0 Å². The molecule has 0 saturated carbocycles. The highest BCUT2D eigenvalue weighted by Crippen LogP contribution is 2.18. The second kappa shape index (κ2) is 6.76. The standard InChI is InChI=1S/C13H12.C4H4OS/c1-11-7-9-13(10-8-11)12-5-3-2-4-6-12;5-4-1-2-6-3-4/h2-10H,1H3;1-3,5H. The van der Waals surface area contributed by atoms with Crippen LogP contribution in [-0.4, -0.2) is 5.11 Å². The molecule has 0 aliphatic carbocycles. The van der Waals surface area contributed by atoms with E-state index in [0.717, 1.165) is 0 Å². The minimum atomic E-state index is 0.361. The zero-order chi connectivity index (χ0) is 13.5. The van der Waals surface area contributed by atoms with E-state index in [1.54, 1.807) is 11.4 Å². The Labute approximate surface area is 117 Å². The molecule has 1 heterocycles. The van der Waals surface area contributed by atoms with Crippen molar-refractivity contribution in [2.45, 2.75) is 6.92 Å². The molecule has 1 nitrogen and oxygen atoms in total. The van der Waals surface area contributed by atoms with Gasteiger partial charge in [-0.2, -0.15) is 0 Å². The van der Waals surface area contributed by atoms with Crippen molar-refractivity contribution in [2.75, 3.05) is 0 Å². The summed E-state index contributed by atoms with van der Waals surface area (Å²) < 4.78 is 0. The second-order valence-electron chi connectivity index (χ2n) is 4.21. The lowest BCUT2D eigenvalue weighted by Gasteiger charge is -2.00. The second-order valence-corrected chi connectivity index (χ2v) is 4.99. The van der Waals surface area contributed by atoms with Crippen LogP contribution in [0.1, 0.15) is 5.56 Å². The van der Waals surface area contributed by atoms with Gasteiger partial charge in [0.05, 0.1) is 0 Å². The van der Waals surface area contributed by atoms with Crippen LogP contribution in [-0.2, 0) is 0 Å². The van der Waals surface area contributed by atoms with Crippen molar-refractivity contribution in [3.05, 3.63) is 77.0 Å². The number of hydrogen-bond acceptors (Lipinski definition) is 2. The summed E-state index contributed by atoms with van der Waals surface area (Å²) in [4.78, 5) is 0. The molecule has 0 atom stereocenters. The molecule has 0 spiro atoms. The first-order valence-electron chi connectivity index (χ1n) is 6.09. The van der Waals surface area contributed by atoms with Crippen LogP contribution in [0.4, 0.5) is 0 Å². The minimum Gasteiger partial charge on any atom is -0.507 e. The number of aryl methyl sites for hydroxylation is 1. The van der Waals surface area contributed by atoms with Gasteiger partial charge in [0.1, 0.15) is 5.75 Å². The van der Waals surface area contributed by atoms with Gasteiger partial charge < -0.3 is 5.11 Å². The summed E-state index contributed by atoms with van der Waals surface area (Å²) in [7, 11) is 0. The minimum absolute atomic E-state index is 0.361. The Morgan fingerprint density at radius 3 is 1.89 bits per heavy atom. The number of thiophene rings is 1. The molecule has 19 heavy (non-hydrogen) atoms. The molecule has 0 aliphatic rings. The Morgan fingerprint density at radius 1 is 0.789 bits per heavy atom. The number of benzene rings is 2. The lowest BCUT2D eigenvalue weighted by Crippen LogP contribution is -1.76. The average molecular weight is 268 g/mol. The first kappa shape index (κ1) is 13.4. The summed E-state index contributed by atoms with van der Waals surface area (Å²) in [6, 6.07) is 20.7. The molecular weight excluding hydrogens is 252 g/mol. The van der Waals surface area contributed by atoms with Crippen molar-refractivity contribution < 1.29 is 5.11 Å². The van der Waals surface area contributed by atoms with Crippen molar-refractivity contribution >= 4 is 11.3 Å². The third-order valence-corrected chi connectivity index (χ3v) is 3.34. The largest absolute Gasteiger partial charge is 0.507 e. The lowest BCUT2D eigenvalue weighted by molar-refractivity contribution is 0.478. The van der Waals surface area contributed by atoms with Gasteiger partial charge in [-0.3, -0.25) is 0 Å². The summed E-state index contributed by atoms with van der Waals surface area (Å²) in [5.74, 6) is 0.361. The zero-order valence-corrected chi connectivity index (χ0v) is 11.6. The van der Waals surface area contributed by atoms with Gasteiger partial charge in [-0.05, 0) is 29.5 Å². The Hall–Kier alpha value is -2.06. The highest BCUT2D eigenvalue weighted by molar-refractivity contribution is 7.08. The Morgan fingerprint density at radius 2 is 1.42 bits per heavy atom. The average Bonchev–Trinajstić information content (AvgIpc) is 2.92. The molecule has 0 unspecified atom stereocenters. The van der Waals surface area contributed by atoms with Gasteiger partial charge in [-0.25, -0.2) is 0 Å². The van der Waals surface area contributed by atoms with E-state index in [4.69, 9.17) is 5.11 Å². The van der Waals surface area contributed by atoms with Gasteiger partial charge in [0.25, 0.3) is 0 Å². The first-order valence-corrected chi connectivity index (χ1v) is 7.03. The molecule has 0 fully saturated rings. The number of hydrogen-bond donors (Lipinski definition) is 1.